The first-order valence-electron chi connectivity index (χ1n) is 6.25. The Morgan fingerprint density at radius 3 is 2.59 bits per heavy atom. The predicted molar refractivity (Wildman–Crippen MR) is 63.8 cm³/mol. The summed E-state index contributed by atoms with van der Waals surface area (Å²) in [6.07, 6.45) is 4.45. The van der Waals surface area contributed by atoms with Crippen LogP contribution < -0.4 is 5.32 Å². The van der Waals surface area contributed by atoms with Crippen LogP contribution in [0.25, 0.3) is 0 Å². The van der Waals surface area contributed by atoms with Gasteiger partial charge >= 0.3 is 5.97 Å². The van der Waals surface area contributed by atoms with Gasteiger partial charge in [-0.2, -0.15) is 0 Å². The van der Waals surface area contributed by atoms with Crippen molar-refractivity contribution < 1.29 is 19.7 Å². The van der Waals surface area contributed by atoms with Crippen LogP contribution in [-0.4, -0.2) is 49.1 Å². The topological polar surface area (TPSA) is 78.8 Å². The second-order valence-corrected chi connectivity index (χ2v) is 4.74. The molecule has 0 amide bonds. The first kappa shape index (κ1) is 14.4. The highest BCUT2D eigenvalue weighted by Crippen LogP contribution is 2.29. The van der Waals surface area contributed by atoms with E-state index in [0.717, 1.165) is 12.8 Å². The third-order valence-electron chi connectivity index (χ3n) is 3.56. The second kappa shape index (κ2) is 7.63. The lowest BCUT2D eigenvalue weighted by Gasteiger charge is -2.31. The lowest BCUT2D eigenvalue weighted by Crippen LogP contribution is -2.44. The lowest BCUT2D eigenvalue weighted by molar-refractivity contribution is -0.141. The highest BCUT2D eigenvalue weighted by molar-refractivity contribution is 5.73. The molecule has 1 aliphatic carbocycles. The highest BCUT2D eigenvalue weighted by Gasteiger charge is 2.26. The van der Waals surface area contributed by atoms with Crippen LogP contribution in [0.3, 0.4) is 0 Å². The molecular formula is C12H23NO4. The molecule has 1 aliphatic rings. The molecule has 1 saturated carbocycles. The van der Waals surface area contributed by atoms with Gasteiger partial charge in [0.25, 0.3) is 0 Å². The van der Waals surface area contributed by atoms with Crippen molar-refractivity contribution in [3.8, 4) is 0 Å². The van der Waals surface area contributed by atoms with E-state index in [-0.39, 0.29) is 13.2 Å². The van der Waals surface area contributed by atoms with Crippen LogP contribution in [0.5, 0.6) is 0 Å². The average Bonchev–Trinajstić information content (AvgIpc) is 2.34. The van der Waals surface area contributed by atoms with Gasteiger partial charge in [-0.05, 0) is 31.2 Å². The molecule has 1 rings (SSSR count). The summed E-state index contributed by atoms with van der Waals surface area (Å²) in [6, 6.07) is -0.652. The van der Waals surface area contributed by atoms with Crippen molar-refractivity contribution >= 4 is 5.97 Å². The molecule has 0 saturated heterocycles. The number of carboxylic acids is 1. The largest absolute Gasteiger partial charge is 0.480 e. The van der Waals surface area contributed by atoms with Crippen molar-refractivity contribution in [3.05, 3.63) is 0 Å². The number of carboxylic acid groups (broad SMARTS) is 1. The van der Waals surface area contributed by atoms with Gasteiger partial charge in [0.1, 0.15) is 6.04 Å². The van der Waals surface area contributed by atoms with Gasteiger partial charge in [-0.1, -0.05) is 12.8 Å². The number of carbonyl (C=O) groups is 1. The monoisotopic (exact) mass is 245 g/mol. The predicted octanol–water partition coefficient (Wildman–Crippen LogP) is 0.474. The first-order valence-corrected chi connectivity index (χ1v) is 6.25. The average molecular weight is 245 g/mol. The number of hydrogen-bond acceptors (Lipinski definition) is 4. The number of aliphatic hydroxyl groups excluding tert-OH is 1. The van der Waals surface area contributed by atoms with Crippen LogP contribution in [0.15, 0.2) is 0 Å². The molecule has 0 aromatic heterocycles. The first-order chi connectivity index (χ1) is 8.19. The van der Waals surface area contributed by atoms with E-state index >= 15 is 0 Å². The Hall–Kier alpha value is -0.650. The summed E-state index contributed by atoms with van der Waals surface area (Å²) in [4.78, 5) is 10.9. The van der Waals surface area contributed by atoms with E-state index in [2.05, 4.69) is 5.32 Å². The van der Waals surface area contributed by atoms with Crippen LogP contribution in [0, 0.1) is 11.8 Å². The molecule has 0 spiro atoms. The number of ether oxygens (including phenoxy) is 1. The summed E-state index contributed by atoms with van der Waals surface area (Å²) in [7, 11) is 1.49. The van der Waals surface area contributed by atoms with Crippen LogP contribution in [0.4, 0.5) is 0 Å². The Kier molecular flexibility index (Phi) is 6.47. The van der Waals surface area contributed by atoms with Gasteiger partial charge in [-0.3, -0.25) is 4.79 Å². The zero-order valence-electron chi connectivity index (χ0n) is 10.4. The van der Waals surface area contributed by atoms with Crippen molar-refractivity contribution in [2.75, 3.05) is 26.9 Å². The standard InChI is InChI=1S/C12H23NO4/c1-17-8-11(12(15)16)13-6-9-4-2-3-5-10(9)7-14/h9-11,13-14H,2-8H2,1H3,(H,15,16). The van der Waals surface area contributed by atoms with Crippen molar-refractivity contribution in [3.63, 3.8) is 0 Å². The minimum atomic E-state index is -0.886. The Labute approximate surface area is 102 Å². The maximum atomic E-state index is 10.9. The van der Waals surface area contributed by atoms with Gasteiger partial charge in [0.15, 0.2) is 0 Å². The van der Waals surface area contributed by atoms with Crippen molar-refractivity contribution in [1.29, 1.82) is 0 Å². The molecule has 0 radical (unpaired) electrons. The Balaban J connectivity index is 2.38. The van der Waals surface area contributed by atoms with Crippen molar-refractivity contribution in [1.82, 2.24) is 5.32 Å². The maximum Gasteiger partial charge on any atom is 0.323 e. The van der Waals surface area contributed by atoms with E-state index in [9.17, 15) is 9.90 Å². The number of aliphatic carboxylic acids is 1. The van der Waals surface area contributed by atoms with Gasteiger partial charge in [-0.15, -0.1) is 0 Å². The molecule has 0 aromatic carbocycles. The Morgan fingerprint density at radius 2 is 2.06 bits per heavy atom. The molecule has 3 unspecified atom stereocenters. The molecule has 100 valence electrons. The number of hydrogen-bond donors (Lipinski definition) is 3. The number of rotatable bonds is 7. The van der Waals surface area contributed by atoms with Crippen LogP contribution in [0.2, 0.25) is 0 Å². The summed E-state index contributed by atoms with van der Waals surface area (Å²) in [6.45, 7) is 1.02. The molecule has 3 atom stereocenters. The summed E-state index contributed by atoms with van der Waals surface area (Å²) < 4.78 is 4.87. The smallest absolute Gasteiger partial charge is 0.323 e. The Bertz CT molecular complexity index is 235. The van der Waals surface area contributed by atoms with Crippen LogP contribution in [-0.2, 0) is 9.53 Å². The molecule has 5 heteroatoms. The lowest BCUT2D eigenvalue weighted by atomic mass is 9.79. The zero-order chi connectivity index (χ0) is 12.7. The quantitative estimate of drug-likeness (QED) is 0.608. The number of aliphatic hydroxyl groups is 1. The molecule has 0 bridgehead atoms. The van der Waals surface area contributed by atoms with Crippen molar-refractivity contribution in [2.24, 2.45) is 11.8 Å². The summed E-state index contributed by atoms with van der Waals surface area (Å²) >= 11 is 0. The summed E-state index contributed by atoms with van der Waals surface area (Å²) in [5.41, 5.74) is 0. The fourth-order valence-corrected chi connectivity index (χ4v) is 2.47. The molecule has 0 aromatic rings. The highest BCUT2D eigenvalue weighted by atomic mass is 16.5. The molecule has 5 nitrogen and oxygen atoms in total. The maximum absolute atomic E-state index is 10.9. The fourth-order valence-electron chi connectivity index (χ4n) is 2.47. The van der Waals surface area contributed by atoms with E-state index in [4.69, 9.17) is 9.84 Å². The molecule has 1 fully saturated rings. The second-order valence-electron chi connectivity index (χ2n) is 4.74. The SMILES string of the molecule is COCC(NCC1CCCCC1CO)C(=O)O. The third-order valence-corrected chi connectivity index (χ3v) is 3.56. The van der Waals surface area contributed by atoms with Gasteiger partial charge in [-0.25, -0.2) is 0 Å². The minimum absolute atomic E-state index is 0.172. The van der Waals surface area contributed by atoms with Gasteiger partial charge in [0, 0.05) is 13.7 Å². The molecule has 0 aliphatic heterocycles. The van der Waals surface area contributed by atoms with Gasteiger partial charge in [0.2, 0.25) is 0 Å². The molecular weight excluding hydrogens is 222 g/mol. The third kappa shape index (κ3) is 4.61. The molecule has 3 N–H and O–H groups in total. The van der Waals surface area contributed by atoms with Crippen LogP contribution in [0.1, 0.15) is 25.7 Å². The summed E-state index contributed by atoms with van der Waals surface area (Å²) in [5.74, 6) is -0.191. The van der Waals surface area contributed by atoms with E-state index in [1.54, 1.807) is 0 Å². The Morgan fingerprint density at radius 1 is 1.41 bits per heavy atom. The van der Waals surface area contributed by atoms with Crippen molar-refractivity contribution in [2.45, 2.75) is 31.7 Å². The van der Waals surface area contributed by atoms with Gasteiger partial charge in [0.05, 0.1) is 6.61 Å². The van der Waals surface area contributed by atoms with E-state index in [1.807, 2.05) is 0 Å². The molecule has 0 heterocycles. The summed E-state index contributed by atoms with van der Waals surface area (Å²) in [5, 5.41) is 21.3. The zero-order valence-corrected chi connectivity index (χ0v) is 10.4. The van der Waals surface area contributed by atoms with Gasteiger partial charge < -0.3 is 20.3 Å². The fraction of sp³-hybridized carbons (Fsp3) is 0.917. The molecule has 17 heavy (non-hydrogen) atoms. The van der Waals surface area contributed by atoms with E-state index in [1.165, 1.54) is 20.0 Å². The van der Waals surface area contributed by atoms with E-state index in [0.29, 0.717) is 18.4 Å². The number of methoxy groups -OCH3 is 1. The minimum Gasteiger partial charge on any atom is -0.480 e. The van der Waals surface area contributed by atoms with Crippen LogP contribution >= 0.6 is 0 Å². The van der Waals surface area contributed by atoms with E-state index < -0.39 is 12.0 Å². The normalized spacial score (nSPS) is 26.7. The number of nitrogens with one attached hydrogen (secondary N) is 1.